The van der Waals surface area contributed by atoms with Gasteiger partial charge in [0.05, 0.1) is 19.0 Å². The number of methoxy groups -OCH3 is 1. The Labute approximate surface area is 153 Å². The fourth-order valence-corrected chi connectivity index (χ4v) is 3.01. The molecule has 1 aliphatic heterocycles. The van der Waals surface area contributed by atoms with Gasteiger partial charge in [-0.25, -0.2) is 9.99 Å². The molecule has 144 valence electrons. The summed E-state index contributed by atoms with van der Waals surface area (Å²) in [5, 5.41) is 2.98. The lowest BCUT2D eigenvalue weighted by molar-refractivity contribution is -0.154. The number of para-hydroxylation sites is 1. The second kappa shape index (κ2) is 7.42. The number of hydrogen-bond acceptors (Lipinski definition) is 4. The first-order valence-corrected chi connectivity index (χ1v) is 8.43. The van der Waals surface area contributed by atoms with Crippen molar-refractivity contribution in [3.05, 3.63) is 36.0 Å². The van der Waals surface area contributed by atoms with E-state index in [9.17, 15) is 22.8 Å². The van der Waals surface area contributed by atoms with Crippen LogP contribution in [0.4, 0.5) is 13.2 Å². The van der Waals surface area contributed by atoms with Gasteiger partial charge in [0.15, 0.2) is 0 Å². The number of rotatable bonds is 4. The molecular formula is C18H18F3N3O3. The number of pyridine rings is 1. The fraction of sp³-hybridized carbons (Fsp3) is 0.389. The maximum absolute atomic E-state index is 12.9. The molecule has 3 rings (SSSR count). The van der Waals surface area contributed by atoms with Gasteiger partial charge < -0.3 is 4.74 Å². The smallest absolute Gasteiger partial charge is 0.389 e. The number of nitrogens with zero attached hydrogens (tertiary/aromatic N) is 3. The lowest BCUT2D eigenvalue weighted by atomic mass is 10.1. The van der Waals surface area contributed by atoms with E-state index in [1.165, 1.54) is 13.2 Å². The average molecular weight is 381 g/mol. The van der Waals surface area contributed by atoms with E-state index in [0.29, 0.717) is 17.7 Å². The molecule has 0 spiro atoms. The van der Waals surface area contributed by atoms with Crippen LogP contribution in [0.15, 0.2) is 30.3 Å². The van der Waals surface area contributed by atoms with Crippen molar-refractivity contribution in [2.24, 2.45) is 0 Å². The summed E-state index contributed by atoms with van der Waals surface area (Å²) in [5.41, 5.74) is 0.621. The van der Waals surface area contributed by atoms with Crippen molar-refractivity contribution in [3.8, 4) is 5.75 Å². The lowest BCUT2D eigenvalue weighted by Gasteiger charge is -2.28. The Balaban J connectivity index is 1.84. The number of fused-ring (bicyclic) bond motifs is 1. The molecular weight excluding hydrogens is 363 g/mol. The number of carbonyl (C=O) groups is 2. The molecule has 0 saturated carbocycles. The van der Waals surface area contributed by atoms with Gasteiger partial charge in [0.2, 0.25) is 5.91 Å². The van der Waals surface area contributed by atoms with Gasteiger partial charge in [0.25, 0.3) is 5.91 Å². The molecule has 0 atom stereocenters. The number of alkyl halides is 3. The molecule has 6 nitrogen and oxygen atoms in total. The maximum atomic E-state index is 12.9. The normalized spacial score (nSPS) is 14.7. The Kier molecular flexibility index (Phi) is 5.20. The molecule has 1 aromatic heterocycles. The van der Waals surface area contributed by atoms with E-state index in [1.807, 2.05) is 6.07 Å². The number of amides is 2. The molecule has 1 fully saturated rings. The minimum Gasteiger partial charge on any atom is -0.496 e. The van der Waals surface area contributed by atoms with Gasteiger partial charge in [0, 0.05) is 31.0 Å². The van der Waals surface area contributed by atoms with Crippen LogP contribution in [0.2, 0.25) is 0 Å². The minimum absolute atomic E-state index is 0.0704. The third kappa shape index (κ3) is 4.12. The average Bonchev–Trinajstić information content (AvgIpc) is 3.13. The Bertz CT molecular complexity index is 870. The van der Waals surface area contributed by atoms with Crippen LogP contribution < -0.4 is 4.74 Å². The molecule has 0 aliphatic carbocycles. The van der Waals surface area contributed by atoms with Crippen LogP contribution in [0.3, 0.4) is 0 Å². The van der Waals surface area contributed by atoms with Crippen molar-refractivity contribution in [3.63, 3.8) is 0 Å². The summed E-state index contributed by atoms with van der Waals surface area (Å²) in [5.74, 6) is -0.819. The van der Waals surface area contributed by atoms with Gasteiger partial charge in [0.1, 0.15) is 11.4 Å². The minimum atomic E-state index is -4.42. The third-order valence-corrected chi connectivity index (χ3v) is 4.29. The first-order valence-electron chi connectivity index (χ1n) is 8.43. The van der Waals surface area contributed by atoms with Crippen LogP contribution >= 0.6 is 0 Å². The van der Waals surface area contributed by atoms with E-state index in [4.69, 9.17) is 4.74 Å². The molecule has 0 N–H and O–H groups in total. The molecule has 0 unspecified atom stereocenters. The Morgan fingerprint density at radius 3 is 2.59 bits per heavy atom. The van der Waals surface area contributed by atoms with Crippen molar-refractivity contribution < 1.29 is 27.5 Å². The van der Waals surface area contributed by atoms with Gasteiger partial charge in [-0.2, -0.15) is 13.2 Å². The van der Waals surface area contributed by atoms with Gasteiger partial charge in [-0.3, -0.25) is 14.6 Å². The summed E-state index contributed by atoms with van der Waals surface area (Å²) in [4.78, 5) is 29.3. The number of ether oxygens (including phenoxy) is 1. The summed E-state index contributed by atoms with van der Waals surface area (Å²) in [6, 6.07) is 8.59. The zero-order valence-electron chi connectivity index (χ0n) is 14.6. The van der Waals surface area contributed by atoms with Crippen LogP contribution in [-0.4, -0.2) is 53.2 Å². The van der Waals surface area contributed by atoms with Crippen LogP contribution in [0.5, 0.6) is 5.75 Å². The van der Waals surface area contributed by atoms with Gasteiger partial charge in [-0.1, -0.05) is 12.1 Å². The van der Waals surface area contributed by atoms with Crippen LogP contribution in [-0.2, 0) is 4.79 Å². The van der Waals surface area contributed by atoms with Gasteiger partial charge >= 0.3 is 6.18 Å². The number of hydrogen-bond donors (Lipinski definition) is 0. The zero-order chi connectivity index (χ0) is 19.6. The van der Waals surface area contributed by atoms with E-state index in [2.05, 4.69) is 4.98 Å². The van der Waals surface area contributed by atoms with E-state index >= 15 is 0 Å². The Morgan fingerprint density at radius 2 is 1.89 bits per heavy atom. The molecule has 2 heterocycles. The molecule has 2 aromatic rings. The molecule has 1 saturated heterocycles. The molecule has 0 bridgehead atoms. The summed E-state index contributed by atoms with van der Waals surface area (Å²) in [6.07, 6.45) is -5.83. The predicted octanol–water partition coefficient (Wildman–Crippen LogP) is 3.18. The first-order chi connectivity index (χ1) is 12.8. The number of benzene rings is 1. The summed E-state index contributed by atoms with van der Waals surface area (Å²) in [6.45, 7) is 0.445. The molecule has 9 heteroatoms. The lowest BCUT2D eigenvalue weighted by Crippen LogP contribution is -2.45. The van der Waals surface area contributed by atoms with E-state index < -0.39 is 30.8 Å². The topological polar surface area (TPSA) is 62.7 Å². The highest BCUT2D eigenvalue weighted by Gasteiger charge is 2.35. The van der Waals surface area contributed by atoms with Crippen LogP contribution in [0.25, 0.3) is 10.9 Å². The Hall–Kier alpha value is -2.84. The number of carbonyl (C=O) groups excluding carboxylic acids is 2. The van der Waals surface area contributed by atoms with Crippen molar-refractivity contribution in [2.75, 3.05) is 20.2 Å². The van der Waals surface area contributed by atoms with Crippen molar-refractivity contribution in [2.45, 2.75) is 25.4 Å². The fourth-order valence-electron chi connectivity index (χ4n) is 3.01. The number of halogens is 3. The molecule has 27 heavy (non-hydrogen) atoms. The van der Waals surface area contributed by atoms with Crippen LogP contribution in [0, 0.1) is 0 Å². The number of hydrazine groups is 1. The quantitative estimate of drug-likeness (QED) is 0.816. The molecule has 1 aliphatic rings. The Morgan fingerprint density at radius 1 is 1.19 bits per heavy atom. The highest BCUT2D eigenvalue weighted by atomic mass is 19.4. The van der Waals surface area contributed by atoms with Gasteiger partial charge in [-0.15, -0.1) is 0 Å². The maximum Gasteiger partial charge on any atom is 0.389 e. The third-order valence-electron chi connectivity index (χ3n) is 4.29. The molecule has 1 aromatic carbocycles. The van der Waals surface area contributed by atoms with E-state index in [0.717, 1.165) is 15.4 Å². The van der Waals surface area contributed by atoms with E-state index in [-0.39, 0.29) is 18.8 Å². The summed E-state index contributed by atoms with van der Waals surface area (Å²) >= 11 is 0. The zero-order valence-corrected chi connectivity index (χ0v) is 14.6. The largest absolute Gasteiger partial charge is 0.496 e. The summed E-state index contributed by atoms with van der Waals surface area (Å²) < 4.78 is 42.5. The summed E-state index contributed by atoms with van der Waals surface area (Å²) in [7, 11) is 1.47. The van der Waals surface area contributed by atoms with Crippen molar-refractivity contribution in [1.29, 1.82) is 0 Å². The predicted molar refractivity (Wildman–Crippen MR) is 91.0 cm³/mol. The second-order valence-corrected chi connectivity index (χ2v) is 6.14. The highest BCUT2D eigenvalue weighted by molar-refractivity contribution is 5.98. The molecule has 2 amide bonds. The second-order valence-electron chi connectivity index (χ2n) is 6.14. The first kappa shape index (κ1) is 18.9. The van der Waals surface area contributed by atoms with Gasteiger partial charge in [-0.05, 0) is 18.6 Å². The van der Waals surface area contributed by atoms with Crippen molar-refractivity contribution >= 4 is 22.7 Å². The van der Waals surface area contributed by atoms with Crippen molar-refractivity contribution in [1.82, 2.24) is 15.0 Å². The monoisotopic (exact) mass is 381 g/mol. The van der Waals surface area contributed by atoms with Crippen LogP contribution in [0.1, 0.15) is 29.8 Å². The van der Waals surface area contributed by atoms with E-state index in [1.54, 1.807) is 18.2 Å². The standard InChI is InChI=1S/C18H18F3N3O3/c1-27-15-11-14(22-13-6-3-2-5-12(13)15)17(26)24-10-4-9-23(24)16(25)7-8-18(19,20)21/h2-3,5-6,11H,4,7-10H2,1H3. The number of aromatic nitrogens is 1. The SMILES string of the molecule is COc1cc(C(=O)N2CCCN2C(=O)CCC(F)(F)F)nc2ccccc12. The molecule has 0 radical (unpaired) electrons. The highest BCUT2D eigenvalue weighted by Crippen LogP contribution is 2.27.